The molecular weight excluding hydrogens is 232 g/mol. The summed E-state index contributed by atoms with van der Waals surface area (Å²) < 4.78 is 11.4. The minimum absolute atomic E-state index is 0.0643. The van der Waals surface area contributed by atoms with Crippen molar-refractivity contribution >= 4 is 0 Å². The first-order valence-electron chi connectivity index (χ1n) is 5.67. The number of hydrogen-bond donors (Lipinski definition) is 1. The van der Waals surface area contributed by atoms with Crippen LogP contribution in [0.5, 0.6) is 11.5 Å². The van der Waals surface area contributed by atoms with Crippen LogP contribution in [0.2, 0.25) is 0 Å². The smallest absolute Gasteiger partial charge is 0.192 e. The van der Waals surface area contributed by atoms with Gasteiger partial charge in [0.2, 0.25) is 0 Å². The molecule has 2 heterocycles. The first-order chi connectivity index (χ1) is 8.86. The third-order valence-electron chi connectivity index (χ3n) is 2.70. The Hall–Kier alpha value is -2.14. The molecule has 0 amide bonds. The van der Waals surface area contributed by atoms with Crippen LogP contribution in [0.15, 0.2) is 36.7 Å². The lowest BCUT2D eigenvalue weighted by Gasteiger charge is -2.25. The van der Waals surface area contributed by atoms with E-state index in [-0.39, 0.29) is 12.7 Å². The zero-order valence-electron chi connectivity index (χ0n) is 9.61. The number of hydrogen-bond acceptors (Lipinski definition) is 5. The number of benzene rings is 1. The number of rotatable bonds is 2. The molecule has 1 atom stereocenters. The molecule has 1 N–H and O–H groups in total. The number of aromatic nitrogens is 2. The van der Waals surface area contributed by atoms with E-state index in [9.17, 15) is 0 Å². The predicted octanol–water partition coefficient (Wildman–Crippen LogP) is 1.48. The Labute approximate surface area is 104 Å². The molecule has 0 spiro atoms. The van der Waals surface area contributed by atoms with E-state index in [1.54, 1.807) is 12.4 Å². The Morgan fingerprint density at radius 3 is 2.61 bits per heavy atom. The highest BCUT2D eigenvalue weighted by atomic mass is 16.6. The minimum atomic E-state index is -0.312. The average molecular weight is 244 g/mol. The van der Waals surface area contributed by atoms with Crippen LogP contribution < -0.4 is 9.47 Å². The van der Waals surface area contributed by atoms with Crippen LogP contribution in [0.3, 0.4) is 0 Å². The second-order valence-electron chi connectivity index (χ2n) is 3.97. The fourth-order valence-electron chi connectivity index (χ4n) is 1.76. The van der Waals surface area contributed by atoms with Gasteiger partial charge < -0.3 is 14.6 Å². The predicted molar refractivity (Wildman–Crippen MR) is 63.3 cm³/mol. The molecule has 0 bridgehead atoms. The Bertz CT molecular complexity index is 542. The van der Waals surface area contributed by atoms with Crippen LogP contribution in [-0.4, -0.2) is 21.7 Å². The van der Waals surface area contributed by atoms with Crippen molar-refractivity contribution in [2.24, 2.45) is 0 Å². The summed E-state index contributed by atoms with van der Waals surface area (Å²) in [6.45, 7) is 0.320. The molecule has 0 fully saturated rings. The van der Waals surface area contributed by atoms with Gasteiger partial charge in [-0.1, -0.05) is 12.1 Å². The van der Waals surface area contributed by atoms with Gasteiger partial charge in [-0.2, -0.15) is 0 Å². The molecule has 1 aliphatic rings. The summed E-state index contributed by atoms with van der Waals surface area (Å²) in [6, 6.07) is 7.50. The lowest BCUT2D eigenvalue weighted by Crippen LogP contribution is -2.23. The van der Waals surface area contributed by atoms with Crippen molar-refractivity contribution in [3.8, 4) is 11.5 Å². The molecule has 0 aliphatic carbocycles. The van der Waals surface area contributed by atoms with E-state index in [0.29, 0.717) is 23.7 Å². The highest BCUT2D eigenvalue weighted by Crippen LogP contribution is 2.34. The monoisotopic (exact) mass is 244 g/mol. The van der Waals surface area contributed by atoms with Gasteiger partial charge in [0, 0.05) is 18.0 Å². The van der Waals surface area contributed by atoms with Gasteiger partial charge in [0.25, 0.3) is 0 Å². The zero-order valence-corrected chi connectivity index (χ0v) is 9.61. The van der Waals surface area contributed by atoms with Crippen molar-refractivity contribution in [2.45, 2.75) is 12.7 Å². The van der Waals surface area contributed by atoms with Crippen LogP contribution in [0.4, 0.5) is 0 Å². The molecule has 1 unspecified atom stereocenters. The standard InChI is InChI=1S/C13H12N2O3/c16-7-9-5-14-13(15-6-9)12-8-17-10-3-1-2-4-11(10)18-12/h1-6,12,16H,7-8H2. The van der Waals surface area contributed by atoms with Crippen molar-refractivity contribution in [2.75, 3.05) is 6.61 Å². The molecule has 1 aromatic heterocycles. The second kappa shape index (κ2) is 4.62. The van der Waals surface area contributed by atoms with E-state index in [1.807, 2.05) is 24.3 Å². The maximum absolute atomic E-state index is 8.93. The van der Waals surface area contributed by atoms with Crippen molar-refractivity contribution in [1.82, 2.24) is 9.97 Å². The number of nitrogens with zero attached hydrogens (tertiary/aromatic N) is 2. The summed E-state index contributed by atoms with van der Waals surface area (Å²) >= 11 is 0. The molecule has 1 aliphatic heterocycles. The second-order valence-corrected chi connectivity index (χ2v) is 3.97. The minimum Gasteiger partial charge on any atom is -0.485 e. The van der Waals surface area contributed by atoms with Gasteiger partial charge in [0.1, 0.15) is 6.61 Å². The molecule has 5 heteroatoms. The number of fused-ring (bicyclic) bond motifs is 1. The van der Waals surface area contributed by atoms with E-state index < -0.39 is 0 Å². The summed E-state index contributed by atoms with van der Waals surface area (Å²) in [5, 5.41) is 8.93. The molecule has 2 aromatic rings. The molecule has 0 radical (unpaired) electrons. The van der Waals surface area contributed by atoms with Gasteiger partial charge in [-0.05, 0) is 12.1 Å². The van der Waals surface area contributed by atoms with Crippen LogP contribution in [0.1, 0.15) is 17.5 Å². The van der Waals surface area contributed by atoms with Crippen molar-refractivity contribution in [1.29, 1.82) is 0 Å². The first-order valence-corrected chi connectivity index (χ1v) is 5.67. The molecule has 18 heavy (non-hydrogen) atoms. The SMILES string of the molecule is OCc1cnc(C2COc3ccccc3O2)nc1. The van der Waals surface area contributed by atoms with Gasteiger partial charge in [-0.25, -0.2) is 9.97 Å². The zero-order chi connectivity index (χ0) is 12.4. The normalized spacial score (nSPS) is 17.5. The summed E-state index contributed by atoms with van der Waals surface area (Å²) in [7, 11) is 0. The fraction of sp³-hybridized carbons (Fsp3) is 0.231. The number of para-hydroxylation sites is 2. The Kier molecular flexibility index (Phi) is 2.82. The molecular formula is C13H12N2O3. The van der Waals surface area contributed by atoms with Gasteiger partial charge in [0.15, 0.2) is 23.4 Å². The molecule has 0 saturated heterocycles. The van der Waals surface area contributed by atoms with E-state index in [1.165, 1.54) is 0 Å². The maximum Gasteiger partial charge on any atom is 0.192 e. The van der Waals surface area contributed by atoms with E-state index in [2.05, 4.69) is 9.97 Å². The van der Waals surface area contributed by atoms with Gasteiger partial charge in [-0.15, -0.1) is 0 Å². The quantitative estimate of drug-likeness (QED) is 0.866. The first kappa shape index (κ1) is 11.0. The van der Waals surface area contributed by atoms with Gasteiger partial charge in [-0.3, -0.25) is 0 Å². The maximum atomic E-state index is 8.93. The molecule has 0 saturated carbocycles. The number of aliphatic hydroxyl groups excluding tert-OH is 1. The third kappa shape index (κ3) is 2.00. The third-order valence-corrected chi connectivity index (χ3v) is 2.70. The summed E-state index contributed by atoms with van der Waals surface area (Å²) in [5.41, 5.74) is 0.677. The summed E-state index contributed by atoms with van der Waals surface area (Å²) in [4.78, 5) is 8.34. The lowest BCUT2D eigenvalue weighted by molar-refractivity contribution is 0.0849. The van der Waals surface area contributed by atoms with Crippen LogP contribution >= 0.6 is 0 Å². The molecule has 92 valence electrons. The van der Waals surface area contributed by atoms with E-state index in [4.69, 9.17) is 14.6 Å². The highest BCUT2D eigenvalue weighted by Gasteiger charge is 2.24. The topological polar surface area (TPSA) is 64.5 Å². The van der Waals surface area contributed by atoms with E-state index >= 15 is 0 Å². The van der Waals surface area contributed by atoms with Crippen LogP contribution in [0, 0.1) is 0 Å². The van der Waals surface area contributed by atoms with Crippen LogP contribution in [-0.2, 0) is 6.61 Å². The average Bonchev–Trinajstić information content (AvgIpc) is 2.47. The molecule has 3 rings (SSSR count). The largest absolute Gasteiger partial charge is 0.485 e. The fourth-order valence-corrected chi connectivity index (χ4v) is 1.76. The van der Waals surface area contributed by atoms with Crippen LogP contribution in [0.25, 0.3) is 0 Å². The lowest BCUT2D eigenvalue weighted by atomic mass is 10.2. The van der Waals surface area contributed by atoms with E-state index in [0.717, 1.165) is 5.75 Å². The van der Waals surface area contributed by atoms with Crippen molar-refractivity contribution in [3.05, 3.63) is 48.0 Å². The van der Waals surface area contributed by atoms with Gasteiger partial charge >= 0.3 is 0 Å². The Morgan fingerprint density at radius 1 is 1.17 bits per heavy atom. The number of ether oxygens (including phenoxy) is 2. The summed E-state index contributed by atoms with van der Waals surface area (Å²) in [5.74, 6) is 1.99. The highest BCUT2D eigenvalue weighted by molar-refractivity contribution is 5.40. The van der Waals surface area contributed by atoms with Crippen molar-refractivity contribution in [3.63, 3.8) is 0 Å². The molecule has 5 nitrogen and oxygen atoms in total. The molecule has 1 aromatic carbocycles. The number of aliphatic hydroxyl groups is 1. The van der Waals surface area contributed by atoms with Crippen molar-refractivity contribution < 1.29 is 14.6 Å². The Balaban J connectivity index is 1.82. The summed E-state index contributed by atoms with van der Waals surface area (Å²) in [6.07, 6.45) is 2.87. The Morgan fingerprint density at radius 2 is 1.89 bits per heavy atom. The van der Waals surface area contributed by atoms with Gasteiger partial charge in [0.05, 0.1) is 6.61 Å².